The molecule has 2 aliphatic rings. The third kappa shape index (κ3) is 2.32. The van der Waals surface area contributed by atoms with Crippen molar-refractivity contribution in [2.24, 2.45) is 0 Å². The molecule has 2 heterocycles. The van der Waals surface area contributed by atoms with Crippen LogP contribution in [0.4, 0.5) is 9.18 Å². The van der Waals surface area contributed by atoms with Crippen molar-refractivity contribution in [3.8, 4) is 0 Å². The van der Waals surface area contributed by atoms with Gasteiger partial charge in [-0.3, -0.25) is 4.90 Å². The summed E-state index contributed by atoms with van der Waals surface area (Å²) < 4.78 is 19.3. The minimum Gasteiger partial charge on any atom is -0.394 e. The fraction of sp³-hybridized carbons (Fsp3) is 0.667. The number of aliphatic hydroxyl groups excluding tert-OH is 3. The second-order valence-electron chi connectivity index (χ2n) is 3.96. The molecule has 0 saturated carbocycles. The van der Waals surface area contributed by atoms with E-state index in [1.54, 1.807) is 22.6 Å². The fourth-order valence-electron chi connectivity index (χ4n) is 1.79. The molecule has 5 unspecified atom stereocenters. The van der Waals surface area contributed by atoms with E-state index < -0.39 is 43.5 Å². The van der Waals surface area contributed by atoms with Gasteiger partial charge in [0.15, 0.2) is 18.6 Å². The Balaban J connectivity index is 2.19. The Morgan fingerprint density at radius 3 is 2.78 bits per heavy atom. The summed E-state index contributed by atoms with van der Waals surface area (Å²) in [6, 6.07) is -0.735. The molecule has 2 amide bonds. The molecule has 5 atom stereocenters. The molecule has 2 aliphatic heterocycles. The number of rotatable bonds is 2. The number of nitrogens with zero attached hydrogens (tertiary/aromatic N) is 1. The highest BCUT2D eigenvalue weighted by Crippen LogP contribution is 2.29. The van der Waals surface area contributed by atoms with E-state index in [0.29, 0.717) is 3.58 Å². The number of carbonyl (C=O) groups is 1. The molecule has 7 nitrogen and oxygen atoms in total. The Morgan fingerprint density at radius 2 is 2.22 bits per heavy atom. The summed E-state index contributed by atoms with van der Waals surface area (Å²) >= 11 is 1.79. The zero-order valence-corrected chi connectivity index (χ0v) is 11.2. The second kappa shape index (κ2) is 5.25. The van der Waals surface area contributed by atoms with Crippen molar-refractivity contribution in [1.82, 2.24) is 10.2 Å². The summed E-state index contributed by atoms with van der Waals surface area (Å²) in [4.78, 5) is 12.5. The van der Waals surface area contributed by atoms with E-state index >= 15 is 0 Å². The first-order valence-electron chi connectivity index (χ1n) is 5.18. The van der Waals surface area contributed by atoms with Crippen molar-refractivity contribution in [1.29, 1.82) is 0 Å². The van der Waals surface area contributed by atoms with E-state index in [2.05, 4.69) is 5.32 Å². The summed E-state index contributed by atoms with van der Waals surface area (Å²) in [6.45, 7) is -0.545. The molecule has 0 aromatic rings. The van der Waals surface area contributed by atoms with Gasteiger partial charge in [0.2, 0.25) is 0 Å². The number of ether oxygens (including phenoxy) is 1. The highest BCUT2D eigenvalue weighted by Gasteiger charge is 2.48. The van der Waals surface area contributed by atoms with E-state index in [-0.39, 0.29) is 0 Å². The largest absolute Gasteiger partial charge is 0.394 e. The number of hydrogen-bond donors (Lipinski definition) is 4. The van der Waals surface area contributed by atoms with Gasteiger partial charge in [-0.05, 0) is 22.6 Å². The highest BCUT2D eigenvalue weighted by molar-refractivity contribution is 14.1. The van der Waals surface area contributed by atoms with Gasteiger partial charge in [0.1, 0.15) is 12.2 Å². The molecule has 18 heavy (non-hydrogen) atoms. The molecule has 102 valence electrons. The van der Waals surface area contributed by atoms with Gasteiger partial charge >= 0.3 is 6.03 Å². The first-order valence-corrected chi connectivity index (χ1v) is 6.26. The lowest BCUT2D eigenvalue weighted by molar-refractivity contribution is -0.0604. The highest BCUT2D eigenvalue weighted by atomic mass is 127. The SMILES string of the molecule is O=C1NC(O)C(I)=CN1C1OC(CO)C(O)C1F. The summed E-state index contributed by atoms with van der Waals surface area (Å²) in [5.41, 5.74) is 0. The van der Waals surface area contributed by atoms with Gasteiger partial charge in [0.25, 0.3) is 0 Å². The molecule has 0 aromatic carbocycles. The van der Waals surface area contributed by atoms with E-state index in [9.17, 15) is 19.4 Å². The van der Waals surface area contributed by atoms with Crippen LogP contribution in [-0.4, -0.2) is 63.7 Å². The van der Waals surface area contributed by atoms with Crippen LogP contribution in [0.25, 0.3) is 0 Å². The van der Waals surface area contributed by atoms with E-state index in [0.717, 1.165) is 4.90 Å². The zero-order valence-electron chi connectivity index (χ0n) is 9.03. The van der Waals surface area contributed by atoms with E-state index in [1.165, 1.54) is 6.20 Å². The number of aliphatic hydroxyl groups is 3. The van der Waals surface area contributed by atoms with Gasteiger partial charge in [-0.25, -0.2) is 9.18 Å². The number of nitrogens with one attached hydrogen (secondary N) is 1. The van der Waals surface area contributed by atoms with Crippen molar-refractivity contribution in [2.45, 2.75) is 30.8 Å². The van der Waals surface area contributed by atoms with Crippen LogP contribution in [0.2, 0.25) is 0 Å². The van der Waals surface area contributed by atoms with Crippen LogP contribution in [0.3, 0.4) is 0 Å². The van der Waals surface area contributed by atoms with Crippen molar-refractivity contribution < 1.29 is 29.2 Å². The first-order chi connectivity index (χ1) is 8.45. The molecule has 9 heteroatoms. The van der Waals surface area contributed by atoms with Crippen LogP contribution in [0, 0.1) is 0 Å². The molecule has 4 N–H and O–H groups in total. The molecule has 1 saturated heterocycles. The Hall–Kier alpha value is -0.490. The number of amides is 2. The molecule has 0 aromatic heterocycles. The zero-order chi connectivity index (χ0) is 13.4. The molecule has 0 spiro atoms. The maximum absolute atomic E-state index is 13.8. The quantitative estimate of drug-likeness (QED) is 0.466. The summed E-state index contributed by atoms with van der Waals surface area (Å²) in [6.07, 6.45) is -5.61. The smallest absolute Gasteiger partial charge is 0.325 e. The van der Waals surface area contributed by atoms with Crippen molar-refractivity contribution in [2.75, 3.05) is 6.61 Å². The molecule has 0 bridgehead atoms. The second-order valence-corrected chi connectivity index (χ2v) is 5.20. The molecule has 0 aliphatic carbocycles. The topological polar surface area (TPSA) is 102 Å². The maximum atomic E-state index is 13.8. The first kappa shape index (κ1) is 13.9. The number of urea groups is 1. The van der Waals surface area contributed by atoms with Crippen LogP contribution in [0.15, 0.2) is 9.78 Å². The maximum Gasteiger partial charge on any atom is 0.325 e. The lowest BCUT2D eigenvalue weighted by Crippen LogP contribution is -2.53. The van der Waals surface area contributed by atoms with E-state index in [4.69, 9.17) is 9.84 Å². The lowest BCUT2D eigenvalue weighted by Gasteiger charge is -2.31. The Morgan fingerprint density at radius 1 is 1.56 bits per heavy atom. The Bertz CT molecular complexity index is 382. The normalized spacial score (nSPS) is 40.7. The third-order valence-corrected chi connectivity index (χ3v) is 3.63. The van der Waals surface area contributed by atoms with Crippen LogP contribution in [0.1, 0.15) is 0 Å². The average Bonchev–Trinajstić information content (AvgIpc) is 2.61. The minimum absolute atomic E-state index is 0.380. The average molecular weight is 374 g/mol. The van der Waals surface area contributed by atoms with Gasteiger partial charge < -0.3 is 25.4 Å². The summed E-state index contributed by atoms with van der Waals surface area (Å²) in [7, 11) is 0. The fourth-order valence-corrected chi connectivity index (χ4v) is 2.25. The molecule has 2 rings (SSSR count). The number of carbonyl (C=O) groups excluding carboxylic acids is 1. The van der Waals surface area contributed by atoms with Crippen LogP contribution in [0.5, 0.6) is 0 Å². The van der Waals surface area contributed by atoms with Crippen LogP contribution in [-0.2, 0) is 4.74 Å². The molecular weight excluding hydrogens is 362 g/mol. The minimum atomic E-state index is -1.83. The molecular formula is C9H12FIN2O5. The predicted octanol–water partition coefficient (Wildman–Crippen LogP) is -0.977. The van der Waals surface area contributed by atoms with E-state index in [1.807, 2.05) is 0 Å². The monoisotopic (exact) mass is 374 g/mol. The Kier molecular flexibility index (Phi) is 4.06. The molecule has 1 fully saturated rings. The molecule has 0 radical (unpaired) electrons. The third-order valence-electron chi connectivity index (χ3n) is 2.77. The summed E-state index contributed by atoms with van der Waals surface area (Å²) in [5, 5.41) is 29.9. The van der Waals surface area contributed by atoms with Gasteiger partial charge in [-0.1, -0.05) is 0 Å². The predicted molar refractivity (Wildman–Crippen MR) is 65.1 cm³/mol. The van der Waals surface area contributed by atoms with Crippen molar-refractivity contribution in [3.63, 3.8) is 0 Å². The van der Waals surface area contributed by atoms with Crippen molar-refractivity contribution >= 4 is 28.6 Å². The van der Waals surface area contributed by atoms with Gasteiger partial charge in [-0.2, -0.15) is 0 Å². The lowest BCUT2D eigenvalue weighted by atomic mass is 10.1. The van der Waals surface area contributed by atoms with Crippen LogP contribution >= 0.6 is 22.6 Å². The summed E-state index contributed by atoms with van der Waals surface area (Å²) in [5.74, 6) is 0. The van der Waals surface area contributed by atoms with Crippen molar-refractivity contribution in [3.05, 3.63) is 9.78 Å². The standard InChI is InChI=1S/C9H12FIN2O5/c10-5-6(15)4(2-14)18-8(5)13-1-3(11)7(16)12-9(13)17/h1,4-8,14-16H,2H2,(H,12,17). The number of halogens is 2. The number of hydrogen-bond acceptors (Lipinski definition) is 5. The van der Waals surface area contributed by atoms with Gasteiger partial charge in [0, 0.05) is 6.20 Å². The Labute approximate surface area is 115 Å². The van der Waals surface area contributed by atoms with Gasteiger partial charge in [-0.15, -0.1) is 0 Å². The van der Waals surface area contributed by atoms with Crippen LogP contribution < -0.4 is 5.32 Å². The van der Waals surface area contributed by atoms with Gasteiger partial charge in [0.05, 0.1) is 10.2 Å². The number of alkyl halides is 1.